The molecule has 2 amide bonds. The van der Waals surface area contributed by atoms with Crippen molar-refractivity contribution < 1.29 is 14.3 Å². The first kappa shape index (κ1) is 17.0. The number of carbonyl (C=O) groups is 2. The highest BCUT2D eigenvalue weighted by molar-refractivity contribution is 5.95. The highest BCUT2D eigenvalue weighted by atomic mass is 16.6. The summed E-state index contributed by atoms with van der Waals surface area (Å²) in [5.41, 5.74) is 4.68. The van der Waals surface area contributed by atoms with Gasteiger partial charge in [0.15, 0.2) is 0 Å². The number of hydrogen-bond donors (Lipinski definition) is 1. The van der Waals surface area contributed by atoms with Crippen LogP contribution in [-0.4, -0.2) is 31.2 Å². The summed E-state index contributed by atoms with van der Waals surface area (Å²) in [4.78, 5) is 26.0. The van der Waals surface area contributed by atoms with Crippen LogP contribution in [0.3, 0.4) is 0 Å². The van der Waals surface area contributed by atoms with E-state index in [9.17, 15) is 9.59 Å². The van der Waals surface area contributed by atoms with Gasteiger partial charge in [0.05, 0.1) is 13.1 Å². The monoisotopic (exact) mass is 338 g/mol. The maximum Gasteiger partial charge on any atom is 0.414 e. The van der Waals surface area contributed by atoms with Crippen LogP contribution in [0.25, 0.3) is 0 Å². The third-order valence-corrected chi connectivity index (χ3v) is 4.56. The Hall–Kier alpha value is -2.82. The molecule has 2 aromatic carbocycles. The quantitative estimate of drug-likeness (QED) is 0.930. The number of carbonyl (C=O) groups excluding carboxylic acids is 2. The number of anilines is 1. The Labute approximate surface area is 147 Å². The summed E-state index contributed by atoms with van der Waals surface area (Å²) >= 11 is 0. The van der Waals surface area contributed by atoms with Gasteiger partial charge in [0.25, 0.3) is 5.91 Å². The Bertz CT molecular complexity index is 816. The van der Waals surface area contributed by atoms with Crippen molar-refractivity contribution in [1.82, 2.24) is 5.32 Å². The molecule has 1 heterocycles. The van der Waals surface area contributed by atoms with Crippen molar-refractivity contribution in [2.75, 3.05) is 18.0 Å². The maximum atomic E-state index is 12.3. The van der Waals surface area contributed by atoms with E-state index in [0.717, 1.165) is 16.8 Å². The van der Waals surface area contributed by atoms with E-state index in [2.05, 4.69) is 5.32 Å². The van der Waals surface area contributed by atoms with E-state index in [-0.39, 0.29) is 18.1 Å². The first-order valence-electron chi connectivity index (χ1n) is 8.35. The zero-order valence-electron chi connectivity index (χ0n) is 14.7. The van der Waals surface area contributed by atoms with Crippen LogP contribution in [0.2, 0.25) is 0 Å². The third-order valence-electron chi connectivity index (χ3n) is 4.56. The number of ether oxygens (including phenoxy) is 1. The second-order valence-corrected chi connectivity index (χ2v) is 6.41. The minimum absolute atomic E-state index is 0.154. The van der Waals surface area contributed by atoms with Gasteiger partial charge in [-0.05, 0) is 55.7 Å². The van der Waals surface area contributed by atoms with Crippen LogP contribution >= 0.6 is 0 Å². The summed E-state index contributed by atoms with van der Waals surface area (Å²) in [6.45, 7) is 6.66. The summed E-state index contributed by atoms with van der Waals surface area (Å²) in [7, 11) is 0. The largest absolute Gasteiger partial charge is 0.442 e. The number of hydrogen-bond acceptors (Lipinski definition) is 3. The molecule has 2 aromatic rings. The SMILES string of the molecule is Cc1ccc(N2CC(CNC(=O)c3ccccc3C)OC2=O)cc1C. The number of cyclic esters (lactones) is 1. The molecule has 0 radical (unpaired) electrons. The fourth-order valence-electron chi connectivity index (χ4n) is 2.86. The van der Waals surface area contributed by atoms with Crippen LogP contribution in [0.5, 0.6) is 0 Å². The Morgan fingerprint density at radius 3 is 2.60 bits per heavy atom. The van der Waals surface area contributed by atoms with Crippen LogP contribution in [0.1, 0.15) is 27.0 Å². The lowest BCUT2D eigenvalue weighted by molar-refractivity contribution is 0.0915. The van der Waals surface area contributed by atoms with Gasteiger partial charge in [-0.2, -0.15) is 0 Å². The van der Waals surface area contributed by atoms with E-state index in [1.54, 1.807) is 11.0 Å². The average molecular weight is 338 g/mol. The van der Waals surface area contributed by atoms with Gasteiger partial charge in [-0.15, -0.1) is 0 Å². The molecule has 5 nitrogen and oxygen atoms in total. The first-order valence-corrected chi connectivity index (χ1v) is 8.35. The van der Waals surface area contributed by atoms with Crippen molar-refractivity contribution in [2.24, 2.45) is 0 Å². The molecule has 1 N–H and O–H groups in total. The molecule has 1 aliphatic heterocycles. The molecular weight excluding hydrogens is 316 g/mol. The van der Waals surface area contributed by atoms with Crippen molar-refractivity contribution in [1.29, 1.82) is 0 Å². The summed E-state index contributed by atoms with van der Waals surface area (Å²) in [6, 6.07) is 13.3. The van der Waals surface area contributed by atoms with E-state index in [4.69, 9.17) is 4.74 Å². The molecule has 1 unspecified atom stereocenters. The Kier molecular flexibility index (Phi) is 4.74. The lowest BCUT2D eigenvalue weighted by Gasteiger charge is -2.15. The van der Waals surface area contributed by atoms with Gasteiger partial charge >= 0.3 is 6.09 Å². The highest BCUT2D eigenvalue weighted by Crippen LogP contribution is 2.24. The van der Waals surface area contributed by atoms with Gasteiger partial charge in [-0.3, -0.25) is 9.69 Å². The summed E-state index contributed by atoms with van der Waals surface area (Å²) in [6.07, 6.45) is -0.736. The molecule has 0 aromatic heterocycles. The fraction of sp³-hybridized carbons (Fsp3) is 0.300. The predicted octanol–water partition coefficient (Wildman–Crippen LogP) is 3.37. The zero-order valence-corrected chi connectivity index (χ0v) is 14.7. The topological polar surface area (TPSA) is 58.6 Å². The standard InChI is InChI=1S/C20H22N2O3/c1-13-8-9-16(10-15(13)3)22-12-17(25-20(22)24)11-21-19(23)18-7-5-4-6-14(18)2/h4-10,17H,11-12H2,1-3H3,(H,21,23). The lowest BCUT2D eigenvalue weighted by atomic mass is 10.1. The number of rotatable bonds is 4. The van der Waals surface area contributed by atoms with Crippen molar-refractivity contribution in [2.45, 2.75) is 26.9 Å². The van der Waals surface area contributed by atoms with E-state index in [1.807, 2.05) is 57.2 Å². The Morgan fingerprint density at radius 2 is 1.88 bits per heavy atom. The third kappa shape index (κ3) is 3.65. The normalized spacial score (nSPS) is 16.7. The van der Waals surface area contributed by atoms with Crippen LogP contribution in [0.15, 0.2) is 42.5 Å². The average Bonchev–Trinajstić information content (AvgIpc) is 2.96. The van der Waals surface area contributed by atoms with Crippen molar-refractivity contribution in [3.63, 3.8) is 0 Å². The van der Waals surface area contributed by atoms with E-state index in [1.165, 1.54) is 5.56 Å². The van der Waals surface area contributed by atoms with Gasteiger partial charge in [0.2, 0.25) is 0 Å². The maximum absolute atomic E-state index is 12.3. The van der Waals surface area contributed by atoms with Crippen molar-refractivity contribution >= 4 is 17.7 Å². The Balaban J connectivity index is 1.62. The van der Waals surface area contributed by atoms with Gasteiger partial charge in [-0.1, -0.05) is 24.3 Å². The van der Waals surface area contributed by atoms with Crippen LogP contribution in [-0.2, 0) is 4.74 Å². The van der Waals surface area contributed by atoms with Crippen LogP contribution in [0.4, 0.5) is 10.5 Å². The molecule has 0 spiro atoms. The minimum atomic E-state index is -0.376. The first-order chi connectivity index (χ1) is 12.0. The molecule has 3 rings (SSSR count). The van der Waals surface area contributed by atoms with E-state index >= 15 is 0 Å². The number of nitrogens with zero attached hydrogens (tertiary/aromatic N) is 1. The molecule has 25 heavy (non-hydrogen) atoms. The molecule has 5 heteroatoms. The molecule has 0 bridgehead atoms. The highest BCUT2D eigenvalue weighted by Gasteiger charge is 2.32. The number of benzene rings is 2. The zero-order chi connectivity index (χ0) is 18.0. The molecule has 0 saturated carbocycles. The van der Waals surface area contributed by atoms with Crippen molar-refractivity contribution in [3.8, 4) is 0 Å². The van der Waals surface area contributed by atoms with Gasteiger partial charge in [0.1, 0.15) is 6.10 Å². The summed E-state index contributed by atoms with van der Waals surface area (Å²) < 4.78 is 5.39. The minimum Gasteiger partial charge on any atom is -0.442 e. The van der Waals surface area contributed by atoms with Crippen LogP contribution in [0, 0.1) is 20.8 Å². The molecule has 130 valence electrons. The van der Waals surface area contributed by atoms with E-state index in [0.29, 0.717) is 18.7 Å². The second kappa shape index (κ2) is 6.97. The summed E-state index contributed by atoms with van der Waals surface area (Å²) in [5.74, 6) is -0.154. The smallest absolute Gasteiger partial charge is 0.414 e. The van der Waals surface area contributed by atoms with E-state index < -0.39 is 0 Å². The van der Waals surface area contributed by atoms with Crippen LogP contribution < -0.4 is 10.2 Å². The molecular formula is C20H22N2O3. The predicted molar refractivity (Wildman–Crippen MR) is 97.0 cm³/mol. The number of nitrogens with one attached hydrogen (secondary N) is 1. The van der Waals surface area contributed by atoms with Gasteiger partial charge in [0, 0.05) is 11.3 Å². The number of amides is 2. The second-order valence-electron chi connectivity index (χ2n) is 6.41. The molecule has 1 atom stereocenters. The van der Waals surface area contributed by atoms with Crippen molar-refractivity contribution in [3.05, 3.63) is 64.7 Å². The molecule has 0 aliphatic carbocycles. The van der Waals surface area contributed by atoms with Gasteiger partial charge < -0.3 is 10.1 Å². The Morgan fingerprint density at radius 1 is 1.12 bits per heavy atom. The molecule has 1 saturated heterocycles. The lowest BCUT2D eigenvalue weighted by Crippen LogP contribution is -2.34. The summed E-state index contributed by atoms with van der Waals surface area (Å²) in [5, 5.41) is 2.85. The fourth-order valence-corrected chi connectivity index (χ4v) is 2.86. The molecule has 1 fully saturated rings. The molecule has 1 aliphatic rings. The number of aryl methyl sites for hydroxylation is 3. The van der Waals surface area contributed by atoms with Gasteiger partial charge in [-0.25, -0.2) is 4.79 Å².